The summed E-state index contributed by atoms with van der Waals surface area (Å²) < 4.78 is 0. The molecule has 0 aromatic heterocycles. The highest BCUT2D eigenvalue weighted by Gasteiger charge is 2.30. The van der Waals surface area contributed by atoms with Crippen molar-refractivity contribution in [1.82, 2.24) is 4.90 Å². The number of nitrogens with zero attached hydrogens (tertiary/aromatic N) is 1. The van der Waals surface area contributed by atoms with E-state index in [0.717, 1.165) is 0 Å². The normalized spacial score (nSPS) is 29.1. The summed E-state index contributed by atoms with van der Waals surface area (Å²) in [5.41, 5.74) is 6.11. The zero-order valence-corrected chi connectivity index (χ0v) is 9.29. The maximum absolute atomic E-state index is 6.11. The van der Waals surface area contributed by atoms with Gasteiger partial charge in [0.15, 0.2) is 0 Å². The van der Waals surface area contributed by atoms with Gasteiger partial charge >= 0.3 is 0 Å². The highest BCUT2D eigenvalue weighted by atomic mass is 15.2. The van der Waals surface area contributed by atoms with Gasteiger partial charge < -0.3 is 5.73 Å². The molecule has 1 aliphatic rings. The summed E-state index contributed by atoms with van der Waals surface area (Å²) >= 11 is 0. The standard InChI is InChI=1S/C11H24N2/c1-4-8-13(9(2)3)11-7-5-6-10(11)12/h9-11H,4-8,12H2,1-3H3. The maximum Gasteiger partial charge on any atom is 0.0249 e. The van der Waals surface area contributed by atoms with Crippen LogP contribution in [0.1, 0.15) is 46.5 Å². The van der Waals surface area contributed by atoms with Crippen molar-refractivity contribution in [2.75, 3.05) is 6.54 Å². The minimum atomic E-state index is 0.425. The van der Waals surface area contributed by atoms with E-state index in [1.807, 2.05) is 0 Å². The zero-order chi connectivity index (χ0) is 9.84. The highest BCUT2D eigenvalue weighted by molar-refractivity contribution is 4.89. The Labute approximate surface area is 82.5 Å². The van der Waals surface area contributed by atoms with Gasteiger partial charge in [0.1, 0.15) is 0 Å². The lowest BCUT2D eigenvalue weighted by atomic mass is 10.1. The average molecular weight is 184 g/mol. The summed E-state index contributed by atoms with van der Waals surface area (Å²) in [6, 6.07) is 1.72. The lowest BCUT2D eigenvalue weighted by molar-refractivity contribution is 0.144. The van der Waals surface area contributed by atoms with Gasteiger partial charge in [-0.3, -0.25) is 4.90 Å². The third-order valence-corrected chi connectivity index (χ3v) is 3.10. The fourth-order valence-electron chi connectivity index (χ4n) is 2.45. The molecule has 2 atom stereocenters. The second kappa shape index (κ2) is 4.97. The third kappa shape index (κ3) is 2.68. The van der Waals surface area contributed by atoms with E-state index >= 15 is 0 Å². The lowest BCUT2D eigenvalue weighted by Crippen LogP contribution is -2.48. The molecular weight excluding hydrogens is 160 g/mol. The Kier molecular flexibility index (Phi) is 4.20. The SMILES string of the molecule is CCCN(C(C)C)C1CCCC1N. The Balaban J connectivity index is 2.52. The number of rotatable bonds is 4. The second-order valence-electron chi connectivity index (χ2n) is 4.49. The topological polar surface area (TPSA) is 29.3 Å². The first kappa shape index (κ1) is 11.0. The van der Waals surface area contributed by atoms with Crippen molar-refractivity contribution in [3.63, 3.8) is 0 Å². The first-order chi connectivity index (χ1) is 6.16. The molecule has 0 saturated heterocycles. The van der Waals surface area contributed by atoms with Crippen molar-refractivity contribution in [2.45, 2.75) is 64.6 Å². The van der Waals surface area contributed by atoms with Crippen molar-refractivity contribution in [2.24, 2.45) is 5.73 Å². The second-order valence-corrected chi connectivity index (χ2v) is 4.49. The average Bonchev–Trinajstić information content (AvgIpc) is 2.47. The van der Waals surface area contributed by atoms with Gasteiger partial charge in [-0.1, -0.05) is 13.3 Å². The minimum absolute atomic E-state index is 0.425. The Morgan fingerprint density at radius 3 is 2.46 bits per heavy atom. The molecule has 2 N–H and O–H groups in total. The van der Waals surface area contributed by atoms with Crippen molar-refractivity contribution in [3.05, 3.63) is 0 Å². The van der Waals surface area contributed by atoms with Crippen molar-refractivity contribution in [1.29, 1.82) is 0 Å². The number of hydrogen-bond acceptors (Lipinski definition) is 2. The molecule has 0 bridgehead atoms. The van der Waals surface area contributed by atoms with Crippen LogP contribution < -0.4 is 5.73 Å². The Hall–Kier alpha value is -0.0800. The van der Waals surface area contributed by atoms with Crippen LogP contribution >= 0.6 is 0 Å². The van der Waals surface area contributed by atoms with Crippen LogP contribution in [0.25, 0.3) is 0 Å². The molecule has 13 heavy (non-hydrogen) atoms. The number of hydrogen-bond donors (Lipinski definition) is 1. The van der Waals surface area contributed by atoms with E-state index in [9.17, 15) is 0 Å². The van der Waals surface area contributed by atoms with Crippen molar-refractivity contribution >= 4 is 0 Å². The van der Waals surface area contributed by atoms with Gasteiger partial charge in [-0.05, 0) is 39.7 Å². The van der Waals surface area contributed by atoms with Crippen LogP contribution in [0.4, 0.5) is 0 Å². The van der Waals surface area contributed by atoms with E-state index in [0.29, 0.717) is 18.1 Å². The van der Waals surface area contributed by atoms with Crippen LogP contribution in [0.15, 0.2) is 0 Å². The van der Waals surface area contributed by atoms with E-state index < -0.39 is 0 Å². The molecule has 0 aromatic rings. The summed E-state index contributed by atoms with van der Waals surface area (Å²) in [5.74, 6) is 0. The quantitative estimate of drug-likeness (QED) is 0.724. The van der Waals surface area contributed by atoms with Crippen LogP contribution in [0.2, 0.25) is 0 Å². The van der Waals surface area contributed by atoms with Crippen LogP contribution in [0.3, 0.4) is 0 Å². The van der Waals surface area contributed by atoms with Gasteiger partial charge in [-0.15, -0.1) is 0 Å². The molecule has 2 unspecified atom stereocenters. The summed E-state index contributed by atoms with van der Waals surface area (Å²) in [5, 5.41) is 0. The molecule has 1 rings (SSSR count). The Morgan fingerprint density at radius 1 is 1.38 bits per heavy atom. The molecule has 0 amide bonds. The fourth-order valence-corrected chi connectivity index (χ4v) is 2.45. The van der Waals surface area contributed by atoms with Gasteiger partial charge in [-0.2, -0.15) is 0 Å². The molecule has 78 valence electrons. The molecule has 1 aliphatic carbocycles. The van der Waals surface area contributed by atoms with Gasteiger partial charge in [-0.25, -0.2) is 0 Å². The van der Waals surface area contributed by atoms with Crippen LogP contribution in [-0.4, -0.2) is 29.6 Å². The summed E-state index contributed by atoms with van der Waals surface area (Å²) in [6.45, 7) is 8.01. The first-order valence-corrected chi connectivity index (χ1v) is 5.68. The molecule has 0 radical (unpaired) electrons. The molecule has 1 fully saturated rings. The van der Waals surface area contributed by atoms with E-state index in [4.69, 9.17) is 5.73 Å². The van der Waals surface area contributed by atoms with Gasteiger partial charge in [0, 0.05) is 18.1 Å². The maximum atomic E-state index is 6.11. The predicted octanol–water partition coefficient (Wildman–Crippen LogP) is 1.99. The fraction of sp³-hybridized carbons (Fsp3) is 1.00. The largest absolute Gasteiger partial charge is 0.326 e. The molecule has 0 aromatic carbocycles. The molecule has 0 aliphatic heterocycles. The number of nitrogens with two attached hydrogens (primary N) is 1. The Bertz CT molecular complexity index is 145. The smallest absolute Gasteiger partial charge is 0.0249 e. The first-order valence-electron chi connectivity index (χ1n) is 5.68. The van der Waals surface area contributed by atoms with E-state index in [2.05, 4.69) is 25.7 Å². The van der Waals surface area contributed by atoms with E-state index in [-0.39, 0.29) is 0 Å². The van der Waals surface area contributed by atoms with Crippen LogP contribution in [0.5, 0.6) is 0 Å². The van der Waals surface area contributed by atoms with Gasteiger partial charge in [0.25, 0.3) is 0 Å². The molecule has 0 heterocycles. The van der Waals surface area contributed by atoms with Crippen molar-refractivity contribution in [3.8, 4) is 0 Å². The monoisotopic (exact) mass is 184 g/mol. The van der Waals surface area contributed by atoms with E-state index in [1.165, 1.54) is 32.2 Å². The molecule has 2 nitrogen and oxygen atoms in total. The minimum Gasteiger partial charge on any atom is -0.326 e. The molecule has 2 heteroatoms. The third-order valence-electron chi connectivity index (χ3n) is 3.10. The summed E-state index contributed by atoms with van der Waals surface area (Å²) in [6.07, 6.45) is 5.08. The predicted molar refractivity (Wildman–Crippen MR) is 57.7 cm³/mol. The highest BCUT2D eigenvalue weighted by Crippen LogP contribution is 2.24. The van der Waals surface area contributed by atoms with Crippen LogP contribution in [0, 0.1) is 0 Å². The van der Waals surface area contributed by atoms with E-state index in [1.54, 1.807) is 0 Å². The Morgan fingerprint density at radius 2 is 2.08 bits per heavy atom. The van der Waals surface area contributed by atoms with Crippen LogP contribution in [-0.2, 0) is 0 Å². The summed E-state index contributed by atoms with van der Waals surface area (Å²) in [7, 11) is 0. The lowest BCUT2D eigenvalue weighted by Gasteiger charge is -2.34. The molecule has 1 saturated carbocycles. The molecular formula is C11H24N2. The van der Waals surface area contributed by atoms with Gasteiger partial charge in [0.2, 0.25) is 0 Å². The summed E-state index contributed by atoms with van der Waals surface area (Å²) in [4.78, 5) is 2.58. The van der Waals surface area contributed by atoms with Crippen molar-refractivity contribution < 1.29 is 0 Å². The van der Waals surface area contributed by atoms with Gasteiger partial charge in [0.05, 0.1) is 0 Å². The zero-order valence-electron chi connectivity index (χ0n) is 9.29. The molecule has 0 spiro atoms.